The van der Waals surface area contributed by atoms with Crippen LogP contribution in [0.5, 0.6) is 17.2 Å². The van der Waals surface area contributed by atoms with Crippen LogP contribution in [-0.4, -0.2) is 21.6 Å². The summed E-state index contributed by atoms with van der Waals surface area (Å²) in [6.45, 7) is 2.44. The lowest BCUT2D eigenvalue weighted by Gasteiger charge is -2.16. The summed E-state index contributed by atoms with van der Waals surface area (Å²) in [6, 6.07) is 13.3. The van der Waals surface area contributed by atoms with E-state index in [0.29, 0.717) is 34.8 Å². The lowest BCUT2D eigenvalue weighted by Crippen LogP contribution is -2.39. The van der Waals surface area contributed by atoms with Crippen molar-refractivity contribution in [1.29, 1.82) is 0 Å². The van der Waals surface area contributed by atoms with Gasteiger partial charge in [-0.1, -0.05) is 0 Å². The molecule has 1 amide bonds. The number of ether oxygens (including phenoxy) is 2. The molecule has 2 aromatic carbocycles. The predicted octanol–water partition coefficient (Wildman–Crippen LogP) is 3.27. The Bertz CT molecular complexity index is 1400. The molecule has 0 spiro atoms. The first-order valence-electron chi connectivity index (χ1n) is 9.88. The zero-order valence-electron chi connectivity index (χ0n) is 17.7. The van der Waals surface area contributed by atoms with Crippen LogP contribution < -0.4 is 25.9 Å². The summed E-state index contributed by atoms with van der Waals surface area (Å²) in [7, 11) is 3.00. The van der Waals surface area contributed by atoms with E-state index < -0.39 is 17.0 Å². The number of rotatable bonds is 6. The van der Waals surface area contributed by atoms with Gasteiger partial charge in [0.1, 0.15) is 11.5 Å². The molecular weight excluding hydrogens is 414 g/mol. The van der Waals surface area contributed by atoms with Crippen LogP contribution in [0.4, 0.5) is 5.69 Å². The topological polar surface area (TPSA) is 105 Å². The largest absolute Gasteiger partial charge is 0.494 e. The van der Waals surface area contributed by atoms with Gasteiger partial charge in [-0.2, -0.15) is 0 Å². The second-order valence-corrected chi connectivity index (χ2v) is 7.00. The zero-order chi connectivity index (χ0) is 22.8. The Morgan fingerprint density at radius 3 is 2.19 bits per heavy atom. The molecule has 2 heterocycles. The maximum absolute atomic E-state index is 12.6. The number of furan rings is 1. The number of hydrogen-bond donors (Lipinski definition) is 1. The SMILES string of the molecule is CCOc1ccc(Oc2cc3c(cc2NC(=O)c2ccco2)n(C)c(=O)c(=O)n3C)cc1. The van der Waals surface area contributed by atoms with Crippen LogP contribution >= 0.6 is 0 Å². The number of anilines is 1. The first-order valence-corrected chi connectivity index (χ1v) is 9.88. The standard InChI is InChI=1S/C23H21N3O6/c1-4-30-14-7-9-15(10-8-14)32-20-13-18-17(25(2)22(28)23(29)26(18)3)12-16(20)24-21(27)19-6-5-11-31-19/h5-13H,4H2,1-3H3,(H,24,27). The van der Waals surface area contributed by atoms with Crippen molar-refractivity contribution in [3.8, 4) is 17.2 Å². The molecular formula is C23H21N3O6. The second-order valence-electron chi connectivity index (χ2n) is 7.00. The van der Waals surface area contributed by atoms with Crippen molar-refractivity contribution in [1.82, 2.24) is 9.13 Å². The van der Waals surface area contributed by atoms with Crippen LogP contribution in [0, 0.1) is 0 Å². The lowest BCUT2D eigenvalue weighted by atomic mass is 10.2. The van der Waals surface area contributed by atoms with Crippen molar-refractivity contribution in [3.05, 3.63) is 81.3 Å². The number of carbonyl (C=O) groups is 1. The van der Waals surface area contributed by atoms with Crippen LogP contribution in [0.3, 0.4) is 0 Å². The van der Waals surface area contributed by atoms with Gasteiger partial charge in [0.15, 0.2) is 11.5 Å². The molecule has 0 fully saturated rings. The fraction of sp³-hybridized carbons (Fsp3) is 0.174. The first kappa shape index (κ1) is 21.0. The van der Waals surface area contributed by atoms with Gasteiger partial charge in [-0.05, 0) is 49.4 Å². The lowest BCUT2D eigenvalue weighted by molar-refractivity contribution is 0.0996. The summed E-state index contributed by atoms with van der Waals surface area (Å²) < 4.78 is 19.1. The minimum Gasteiger partial charge on any atom is -0.494 e. The number of nitrogens with zero attached hydrogens (tertiary/aromatic N) is 2. The predicted molar refractivity (Wildman–Crippen MR) is 119 cm³/mol. The molecule has 4 rings (SSSR count). The van der Waals surface area contributed by atoms with E-state index in [2.05, 4.69) is 5.32 Å². The second kappa shape index (κ2) is 8.46. The summed E-state index contributed by atoms with van der Waals surface area (Å²) in [5.74, 6) is 1.11. The molecule has 1 N–H and O–H groups in total. The average molecular weight is 435 g/mol. The highest BCUT2D eigenvalue weighted by Gasteiger charge is 2.17. The van der Waals surface area contributed by atoms with Crippen molar-refractivity contribution in [2.45, 2.75) is 6.92 Å². The van der Waals surface area contributed by atoms with Crippen LogP contribution in [0.1, 0.15) is 17.5 Å². The summed E-state index contributed by atoms with van der Waals surface area (Å²) >= 11 is 0. The Balaban J connectivity index is 1.83. The van der Waals surface area contributed by atoms with E-state index in [1.54, 1.807) is 42.5 Å². The maximum Gasteiger partial charge on any atom is 0.316 e. The number of amides is 1. The number of carbonyl (C=O) groups excluding carboxylic acids is 1. The zero-order valence-corrected chi connectivity index (χ0v) is 17.7. The van der Waals surface area contributed by atoms with E-state index in [4.69, 9.17) is 13.9 Å². The van der Waals surface area contributed by atoms with Gasteiger partial charge in [-0.15, -0.1) is 0 Å². The molecule has 0 saturated carbocycles. The average Bonchev–Trinajstić information content (AvgIpc) is 3.34. The number of benzene rings is 2. The maximum atomic E-state index is 12.6. The Kier molecular flexibility index (Phi) is 5.55. The highest BCUT2D eigenvalue weighted by atomic mass is 16.5. The molecule has 0 atom stereocenters. The summed E-state index contributed by atoms with van der Waals surface area (Å²) in [5, 5.41) is 2.75. The third-order valence-corrected chi connectivity index (χ3v) is 4.95. The fourth-order valence-electron chi connectivity index (χ4n) is 3.27. The van der Waals surface area contributed by atoms with E-state index in [0.717, 1.165) is 0 Å². The molecule has 0 aliphatic carbocycles. The normalized spacial score (nSPS) is 10.8. The van der Waals surface area contributed by atoms with E-state index in [1.165, 1.54) is 35.6 Å². The molecule has 32 heavy (non-hydrogen) atoms. The Morgan fingerprint density at radius 1 is 0.969 bits per heavy atom. The number of aromatic nitrogens is 2. The number of aryl methyl sites for hydroxylation is 2. The minimum absolute atomic E-state index is 0.117. The van der Waals surface area contributed by atoms with Gasteiger partial charge >= 0.3 is 11.1 Å². The molecule has 0 aliphatic rings. The number of hydrogen-bond acceptors (Lipinski definition) is 6. The van der Waals surface area contributed by atoms with E-state index >= 15 is 0 Å². The van der Waals surface area contributed by atoms with Crippen molar-refractivity contribution >= 4 is 22.6 Å². The molecule has 9 nitrogen and oxygen atoms in total. The van der Waals surface area contributed by atoms with Crippen LogP contribution in [0.25, 0.3) is 11.0 Å². The number of nitrogens with one attached hydrogen (secondary N) is 1. The van der Waals surface area contributed by atoms with Crippen LogP contribution in [-0.2, 0) is 14.1 Å². The Hall–Kier alpha value is -4.27. The Morgan fingerprint density at radius 2 is 1.59 bits per heavy atom. The van der Waals surface area contributed by atoms with Gasteiger partial charge in [0.2, 0.25) is 0 Å². The van der Waals surface area contributed by atoms with Crippen molar-refractivity contribution in [2.24, 2.45) is 14.1 Å². The monoisotopic (exact) mass is 435 g/mol. The molecule has 0 bridgehead atoms. The third-order valence-electron chi connectivity index (χ3n) is 4.95. The summed E-state index contributed by atoms with van der Waals surface area (Å²) in [4.78, 5) is 37.2. The van der Waals surface area contributed by atoms with Gasteiger partial charge in [-0.3, -0.25) is 14.4 Å². The highest BCUT2D eigenvalue weighted by molar-refractivity contribution is 6.04. The molecule has 4 aromatic rings. The van der Waals surface area contributed by atoms with Crippen LogP contribution in [0.15, 0.2) is 68.8 Å². The third kappa shape index (κ3) is 3.87. The molecule has 0 aliphatic heterocycles. The highest BCUT2D eigenvalue weighted by Crippen LogP contribution is 2.34. The molecule has 2 aromatic heterocycles. The van der Waals surface area contributed by atoms with Crippen molar-refractivity contribution in [2.75, 3.05) is 11.9 Å². The summed E-state index contributed by atoms with van der Waals surface area (Å²) in [5.41, 5.74) is -0.121. The van der Waals surface area contributed by atoms with Gasteiger partial charge < -0.3 is 28.3 Å². The smallest absolute Gasteiger partial charge is 0.316 e. The minimum atomic E-state index is -0.677. The van der Waals surface area contributed by atoms with E-state index in [1.807, 2.05) is 6.92 Å². The van der Waals surface area contributed by atoms with Crippen molar-refractivity contribution in [3.63, 3.8) is 0 Å². The quantitative estimate of drug-likeness (QED) is 0.466. The number of fused-ring (bicyclic) bond motifs is 1. The molecule has 164 valence electrons. The first-order chi connectivity index (χ1) is 15.4. The molecule has 0 saturated heterocycles. The van der Waals surface area contributed by atoms with Crippen molar-refractivity contribution < 1.29 is 18.7 Å². The summed E-state index contributed by atoms with van der Waals surface area (Å²) in [6.07, 6.45) is 1.39. The molecule has 0 unspecified atom stereocenters. The van der Waals surface area contributed by atoms with Gasteiger partial charge in [0.25, 0.3) is 5.91 Å². The van der Waals surface area contributed by atoms with Gasteiger partial charge in [0.05, 0.1) is 29.6 Å². The van der Waals surface area contributed by atoms with Gasteiger partial charge in [0, 0.05) is 20.2 Å². The Labute approximate surface area is 182 Å². The van der Waals surface area contributed by atoms with E-state index in [-0.39, 0.29) is 11.5 Å². The molecule has 0 radical (unpaired) electrons. The van der Waals surface area contributed by atoms with Gasteiger partial charge in [-0.25, -0.2) is 0 Å². The van der Waals surface area contributed by atoms with E-state index in [9.17, 15) is 14.4 Å². The fourth-order valence-corrected chi connectivity index (χ4v) is 3.27. The van der Waals surface area contributed by atoms with Crippen LogP contribution in [0.2, 0.25) is 0 Å². The molecule has 9 heteroatoms.